The molecule has 0 unspecified atom stereocenters. The summed E-state index contributed by atoms with van der Waals surface area (Å²) in [6, 6.07) is 8.89. The van der Waals surface area contributed by atoms with E-state index in [1.165, 1.54) is 5.56 Å². The zero-order chi connectivity index (χ0) is 14.4. The number of hydrogen-bond donors (Lipinski definition) is 2. The Morgan fingerprint density at radius 1 is 1.15 bits per heavy atom. The lowest BCUT2D eigenvalue weighted by Gasteiger charge is -2.26. The monoisotopic (exact) mass is 277 g/mol. The molecule has 112 valence electrons. The van der Waals surface area contributed by atoms with E-state index in [2.05, 4.69) is 31.3 Å². The summed E-state index contributed by atoms with van der Waals surface area (Å²) < 4.78 is 5.68. The lowest BCUT2D eigenvalue weighted by atomic mass is 9.93. The fourth-order valence-electron chi connectivity index (χ4n) is 2.51. The highest BCUT2D eigenvalue weighted by Crippen LogP contribution is 2.19. The van der Waals surface area contributed by atoms with Crippen LogP contribution in [0.5, 0.6) is 5.75 Å². The molecule has 2 N–H and O–H groups in total. The van der Waals surface area contributed by atoms with Gasteiger partial charge in [0.2, 0.25) is 0 Å². The average Bonchev–Trinajstić information content (AvgIpc) is 2.45. The molecule has 1 aromatic carbocycles. The molecule has 20 heavy (non-hydrogen) atoms. The van der Waals surface area contributed by atoms with Crippen molar-refractivity contribution in [2.45, 2.75) is 58.2 Å². The van der Waals surface area contributed by atoms with E-state index in [-0.39, 0.29) is 6.10 Å². The maximum absolute atomic E-state index is 9.49. The molecule has 0 radical (unpaired) electrons. The van der Waals surface area contributed by atoms with E-state index in [1.54, 1.807) is 0 Å². The summed E-state index contributed by atoms with van der Waals surface area (Å²) in [7, 11) is 0. The van der Waals surface area contributed by atoms with Crippen LogP contribution in [0.4, 0.5) is 0 Å². The first-order chi connectivity index (χ1) is 9.63. The molecule has 1 fully saturated rings. The SMILES string of the molecule is CC(C)COc1ccc(CNC2CCC(O)CC2)cc1. The minimum Gasteiger partial charge on any atom is -0.493 e. The first-order valence-corrected chi connectivity index (χ1v) is 7.76. The van der Waals surface area contributed by atoms with E-state index in [0.717, 1.165) is 44.6 Å². The summed E-state index contributed by atoms with van der Waals surface area (Å²) in [5.41, 5.74) is 1.29. The summed E-state index contributed by atoms with van der Waals surface area (Å²) in [6.45, 7) is 5.96. The Balaban J connectivity index is 1.73. The molecule has 0 heterocycles. The standard InChI is InChI=1S/C17H27NO2/c1-13(2)12-20-17-9-3-14(4-10-17)11-18-15-5-7-16(19)8-6-15/h3-4,9-10,13,15-16,18-19H,5-8,11-12H2,1-2H3. The van der Waals surface area contributed by atoms with Gasteiger partial charge in [0, 0.05) is 12.6 Å². The number of aliphatic hydroxyl groups excluding tert-OH is 1. The Labute approximate surface area is 122 Å². The molecule has 0 atom stereocenters. The molecule has 1 aliphatic carbocycles. The van der Waals surface area contributed by atoms with Gasteiger partial charge in [0.25, 0.3) is 0 Å². The van der Waals surface area contributed by atoms with Gasteiger partial charge in [-0.25, -0.2) is 0 Å². The first-order valence-electron chi connectivity index (χ1n) is 7.76. The maximum atomic E-state index is 9.49. The average molecular weight is 277 g/mol. The predicted molar refractivity (Wildman–Crippen MR) is 81.9 cm³/mol. The van der Waals surface area contributed by atoms with Crippen molar-refractivity contribution >= 4 is 0 Å². The highest BCUT2D eigenvalue weighted by Gasteiger charge is 2.18. The van der Waals surface area contributed by atoms with Crippen LogP contribution >= 0.6 is 0 Å². The van der Waals surface area contributed by atoms with E-state index in [9.17, 15) is 5.11 Å². The van der Waals surface area contributed by atoms with Gasteiger partial charge in [0.05, 0.1) is 12.7 Å². The number of hydrogen-bond acceptors (Lipinski definition) is 3. The normalized spacial score (nSPS) is 23.0. The largest absolute Gasteiger partial charge is 0.493 e. The van der Waals surface area contributed by atoms with Crippen LogP contribution in [0.3, 0.4) is 0 Å². The minimum atomic E-state index is -0.0783. The van der Waals surface area contributed by atoms with Gasteiger partial charge in [-0.1, -0.05) is 26.0 Å². The molecule has 1 aliphatic rings. The molecule has 0 amide bonds. The van der Waals surface area contributed by atoms with Crippen molar-refractivity contribution in [2.24, 2.45) is 5.92 Å². The lowest BCUT2D eigenvalue weighted by Crippen LogP contribution is -2.34. The van der Waals surface area contributed by atoms with Crippen molar-refractivity contribution in [3.05, 3.63) is 29.8 Å². The quantitative estimate of drug-likeness (QED) is 0.839. The maximum Gasteiger partial charge on any atom is 0.119 e. The van der Waals surface area contributed by atoms with Crippen molar-refractivity contribution in [3.63, 3.8) is 0 Å². The third kappa shape index (κ3) is 5.14. The molecular formula is C17H27NO2. The van der Waals surface area contributed by atoms with Crippen LogP contribution in [-0.4, -0.2) is 23.9 Å². The van der Waals surface area contributed by atoms with Crippen molar-refractivity contribution in [1.29, 1.82) is 0 Å². The molecule has 0 saturated heterocycles. The summed E-state index contributed by atoms with van der Waals surface area (Å²) in [4.78, 5) is 0. The second kappa shape index (κ2) is 7.65. The Hall–Kier alpha value is -1.06. The van der Waals surface area contributed by atoms with E-state index < -0.39 is 0 Å². The van der Waals surface area contributed by atoms with Gasteiger partial charge in [-0.3, -0.25) is 0 Å². The number of nitrogens with one attached hydrogen (secondary N) is 1. The molecule has 0 aromatic heterocycles. The molecule has 0 spiro atoms. The van der Waals surface area contributed by atoms with E-state index in [1.807, 2.05) is 12.1 Å². The fourth-order valence-corrected chi connectivity index (χ4v) is 2.51. The van der Waals surface area contributed by atoms with Crippen LogP contribution < -0.4 is 10.1 Å². The number of ether oxygens (including phenoxy) is 1. The van der Waals surface area contributed by atoms with E-state index in [0.29, 0.717) is 12.0 Å². The molecule has 0 bridgehead atoms. The van der Waals surface area contributed by atoms with Gasteiger partial charge in [0.15, 0.2) is 0 Å². The van der Waals surface area contributed by atoms with E-state index >= 15 is 0 Å². The number of rotatable bonds is 6. The van der Waals surface area contributed by atoms with Crippen LogP contribution in [0.1, 0.15) is 45.1 Å². The summed E-state index contributed by atoms with van der Waals surface area (Å²) >= 11 is 0. The van der Waals surface area contributed by atoms with Gasteiger partial charge < -0.3 is 15.2 Å². The molecule has 0 aliphatic heterocycles. The smallest absolute Gasteiger partial charge is 0.119 e. The third-order valence-electron chi connectivity index (χ3n) is 3.80. The zero-order valence-corrected chi connectivity index (χ0v) is 12.6. The second-order valence-corrected chi connectivity index (χ2v) is 6.24. The van der Waals surface area contributed by atoms with Crippen molar-refractivity contribution in [3.8, 4) is 5.75 Å². The van der Waals surface area contributed by atoms with Crippen molar-refractivity contribution in [1.82, 2.24) is 5.32 Å². The Kier molecular flexibility index (Phi) is 5.86. The van der Waals surface area contributed by atoms with Crippen LogP contribution in [-0.2, 0) is 6.54 Å². The lowest BCUT2D eigenvalue weighted by molar-refractivity contribution is 0.116. The number of aliphatic hydroxyl groups is 1. The van der Waals surface area contributed by atoms with Gasteiger partial charge in [-0.15, -0.1) is 0 Å². The zero-order valence-electron chi connectivity index (χ0n) is 12.6. The molecular weight excluding hydrogens is 250 g/mol. The third-order valence-corrected chi connectivity index (χ3v) is 3.80. The molecule has 3 nitrogen and oxygen atoms in total. The van der Waals surface area contributed by atoms with Crippen LogP contribution in [0, 0.1) is 5.92 Å². The predicted octanol–water partition coefficient (Wildman–Crippen LogP) is 3.11. The van der Waals surface area contributed by atoms with Gasteiger partial charge in [-0.2, -0.15) is 0 Å². The summed E-state index contributed by atoms with van der Waals surface area (Å²) in [5.74, 6) is 1.50. The van der Waals surface area contributed by atoms with Gasteiger partial charge >= 0.3 is 0 Å². The Morgan fingerprint density at radius 3 is 2.40 bits per heavy atom. The van der Waals surface area contributed by atoms with Crippen LogP contribution in [0.15, 0.2) is 24.3 Å². The molecule has 1 saturated carbocycles. The van der Waals surface area contributed by atoms with Crippen LogP contribution in [0.25, 0.3) is 0 Å². The Morgan fingerprint density at radius 2 is 1.80 bits per heavy atom. The highest BCUT2D eigenvalue weighted by atomic mass is 16.5. The van der Waals surface area contributed by atoms with Crippen molar-refractivity contribution < 1.29 is 9.84 Å². The Bertz CT molecular complexity index is 380. The van der Waals surface area contributed by atoms with E-state index in [4.69, 9.17) is 4.74 Å². The highest BCUT2D eigenvalue weighted by molar-refractivity contribution is 5.27. The second-order valence-electron chi connectivity index (χ2n) is 6.24. The minimum absolute atomic E-state index is 0.0783. The number of benzene rings is 1. The summed E-state index contributed by atoms with van der Waals surface area (Å²) in [6.07, 6.45) is 3.94. The van der Waals surface area contributed by atoms with Crippen molar-refractivity contribution in [2.75, 3.05) is 6.61 Å². The first kappa shape index (κ1) is 15.3. The van der Waals surface area contributed by atoms with Gasteiger partial charge in [-0.05, 0) is 49.3 Å². The molecule has 3 heteroatoms. The van der Waals surface area contributed by atoms with Gasteiger partial charge in [0.1, 0.15) is 5.75 Å². The topological polar surface area (TPSA) is 41.5 Å². The summed E-state index contributed by atoms with van der Waals surface area (Å²) in [5, 5.41) is 13.1. The fraction of sp³-hybridized carbons (Fsp3) is 0.647. The van der Waals surface area contributed by atoms with Crippen LogP contribution in [0.2, 0.25) is 0 Å². The molecule has 1 aromatic rings. The molecule has 2 rings (SSSR count).